The van der Waals surface area contributed by atoms with E-state index in [1.807, 2.05) is 0 Å². The number of nitro benzene ring substituents is 1. The molecule has 1 aromatic heterocycles. The van der Waals surface area contributed by atoms with Crippen molar-refractivity contribution in [1.82, 2.24) is 9.78 Å². The third kappa shape index (κ3) is 5.22. The summed E-state index contributed by atoms with van der Waals surface area (Å²) in [7, 11) is 0. The van der Waals surface area contributed by atoms with Crippen molar-refractivity contribution in [2.75, 3.05) is 11.9 Å². The number of nitrogens with one attached hydrogen (secondary N) is 1. The van der Waals surface area contributed by atoms with Crippen molar-refractivity contribution in [3.63, 3.8) is 0 Å². The summed E-state index contributed by atoms with van der Waals surface area (Å²) in [5.74, 6) is -2.08. The third-order valence-electron chi connectivity index (χ3n) is 2.95. The molecule has 0 spiro atoms. The molecule has 0 unspecified atom stereocenters. The Labute approximate surface area is 144 Å². The minimum Gasteiger partial charge on any atom is -0.487 e. The number of amides is 1. The average Bonchev–Trinajstić information content (AvgIpc) is 3.01. The van der Waals surface area contributed by atoms with Crippen LogP contribution in [0.3, 0.4) is 0 Å². The van der Waals surface area contributed by atoms with Crippen LogP contribution in [-0.4, -0.2) is 44.7 Å². The quantitative estimate of drug-likeness (QED) is 0.534. The van der Waals surface area contributed by atoms with Crippen LogP contribution in [0.2, 0.25) is 0 Å². The highest BCUT2D eigenvalue weighted by molar-refractivity contribution is 5.91. The molecule has 2 N–H and O–H groups in total. The fraction of sp³-hybridized carbons (Fsp3) is 0.214. The first-order valence-electron chi connectivity index (χ1n) is 7.00. The number of carbonyl (C=O) groups is 2. The average molecular weight is 370 g/mol. The number of halogens is 2. The summed E-state index contributed by atoms with van der Waals surface area (Å²) in [5, 5.41) is 25.7. The first kappa shape index (κ1) is 18.8. The largest absolute Gasteiger partial charge is 0.487 e. The molecule has 0 aliphatic heterocycles. The Morgan fingerprint density at radius 2 is 2.12 bits per heavy atom. The van der Waals surface area contributed by atoms with Crippen molar-refractivity contribution < 1.29 is 33.1 Å². The summed E-state index contributed by atoms with van der Waals surface area (Å²) in [6.45, 7) is -1.32. The fourth-order valence-corrected chi connectivity index (χ4v) is 1.91. The van der Waals surface area contributed by atoms with E-state index in [4.69, 9.17) is 9.84 Å². The van der Waals surface area contributed by atoms with Crippen molar-refractivity contribution in [3.05, 3.63) is 46.3 Å². The van der Waals surface area contributed by atoms with Crippen molar-refractivity contribution in [2.45, 2.75) is 13.0 Å². The van der Waals surface area contributed by atoms with Gasteiger partial charge in [0.05, 0.1) is 28.4 Å². The van der Waals surface area contributed by atoms with Gasteiger partial charge in [-0.05, 0) is 0 Å². The van der Waals surface area contributed by atoms with Crippen molar-refractivity contribution in [1.29, 1.82) is 0 Å². The molecule has 2 aromatic rings. The molecule has 0 fully saturated rings. The van der Waals surface area contributed by atoms with Crippen molar-refractivity contribution in [3.8, 4) is 5.75 Å². The highest BCUT2D eigenvalue weighted by Crippen LogP contribution is 2.26. The summed E-state index contributed by atoms with van der Waals surface area (Å²) < 4.78 is 30.2. The molecular formula is C14H12F2N4O6. The second kappa shape index (κ2) is 8.00. The number of nitro groups is 1. The summed E-state index contributed by atoms with van der Waals surface area (Å²) in [6, 6.07) is 3.13. The third-order valence-corrected chi connectivity index (χ3v) is 2.95. The number of rotatable bonds is 8. The van der Waals surface area contributed by atoms with E-state index in [9.17, 15) is 28.5 Å². The standard InChI is InChI=1S/C14H12F2N4O6/c15-12(16)7-26-11-2-9(1-10(3-11)20(24)25)18-13(21)6-19-5-8(4-17-19)14(22)23/h1-5,12H,6-7H2,(H,18,21)(H,22,23). The molecule has 1 amide bonds. The van der Waals surface area contributed by atoms with Crippen LogP contribution in [0.25, 0.3) is 0 Å². The fourth-order valence-electron chi connectivity index (χ4n) is 1.91. The number of aromatic carboxylic acids is 1. The maximum Gasteiger partial charge on any atom is 0.338 e. The van der Waals surface area contributed by atoms with E-state index < -0.39 is 35.5 Å². The monoisotopic (exact) mass is 370 g/mol. The van der Waals surface area contributed by atoms with Crippen LogP contribution in [0.5, 0.6) is 5.75 Å². The lowest BCUT2D eigenvalue weighted by Gasteiger charge is -2.09. The number of alkyl halides is 2. The lowest BCUT2D eigenvalue weighted by Crippen LogP contribution is -2.19. The molecule has 0 atom stereocenters. The van der Waals surface area contributed by atoms with Crippen molar-refractivity contribution >= 4 is 23.3 Å². The van der Waals surface area contributed by atoms with Gasteiger partial charge in [-0.25, -0.2) is 13.6 Å². The lowest BCUT2D eigenvalue weighted by molar-refractivity contribution is -0.384. The van der Waals surface area contributed by atoms with Gasteiger partial charge in [-0.2, -0.15) is 5.10 Å². The van der Waals surface area contributed by atoms with E-state index in [1.54, 1.807) is 0 Å². The first-order valence-corrected chi connectivity index (χ1v) is 7.00. The number of aromatic nitrogens is 2. The Morgan fingerprint density at radius 1 is 1.38 bits per heavy atom. The smallest absolute Gasteiger partial charge is 0.338 e. The Kier molecular flexibility index (Phi) is 5.78. The molecule has 2 rings (SSSR count). The Bertz CT molecular complexity index is 839. The zero-order valence-corrected chi connectivity index (χ0v) is 13.0. The van der Waals surface area contributed by atoms with Gasteiger partial charge in [0.25, 0.3) is 12.1 Å². The van der Waals surface area contributed by atoms with Gasteiger partial charge in [-0.1, -0.05) is 0 Å². The molecule has 26 heavy (non-hydrogen) atoms. The minimum atomic E-state index is -2.77. The molecule has 0 radical (unpaired) electrons. The number of carboxylic acid groups (broad SMARTS) is 1. The number of nitrogens with zero attached hydrogens (tertiary/aromatic N) is 3. The Balaban J connectivity index is 2.11. The number of carboxylic acids is 1. The summed E-state index contributed by atoms with van der Waals surface area (Å²) in [4.78, 5) is 32.9. The summed E-state index contributed by atoms with van der Waals surface area (Å²) >= 11 is 0. The highest BCUT2D eigenvalue weighted by Gasteiger charge is 2.15. The number of ether oxygens (including phenoxy) is 1. The van der Waals surface area contributed by atoms with Gasteiger partial charge < -0.3 is 15.2 Å². The normalized spacial score (nSPS) is 10.6. The lowest BCUT2D eigenvalue weighted by atomic mass is 10.2. The molecule has 0 saturated carbocycles. The molecule has 0 saturated heterocycles. The van der Waals surface area contributed by atoms with Gasteiger partial charge in [-0.3, -0.25) is 19.6 Å². The molecule has 10 nitrogen and oxygen atoms in total. The van der Waals surface area contributed by atoms with E-state index in [0.717, 1.165) is 35.3 Å². The predicted octanol–water partition coefficient (Wildman–Crippen LogP) is 1.77. The van der Waals surface area contributed by atoms with Gasteiger partial charge in [0.15, 0.2) is 0 Å². The molecule has 138 valence electrons. The number of anilines is 1. The highest BCUT2D eigenvalue weighted by atomic mass is 19.3. The molecule has 12 heteroatoms. The minimum absolute atomic E-state index is 0.0425. The maximum absolute atomic E-state index is 12.2. The van der Waals surface area contributed by atoms with Gasteiger partial charge in [-0.15, -0.1) is 0 Å². The number of carbonyl (C=O) groups excluding carboxylic acids is 1. The summed E-state index contributed by atoms with van der Waals surface area (Å²) in [5.41, 5.74) is -0.616. The molecule has 1 heterocycles. The number of hydrogen-bond acceptors (Lipinski definition) is 6. The topological polar surface area (TPSA) is 137 Å². The molecule has 1 aromatic carbocycles. The maximum atomic E-state index is 12.2. The van der Waals surface area contributed by atoms with Gasteiger partial charge in [0.1, 0.15) is 18.9 Å². The van der Waals surface area contributed by atoms with Crippen LogP contribution in [0.15, 0.2) is 30.6 Å². The van der Waals surface area contributed by atoms with Crippen LogP contribution in [0.4, 0.5) is 20.2 Å². The van der Waals surface area contributed by atoms with Gasteiger partial charge >= 0.3 is 5.97 Å². The number of hydrogen-bond donors (Lipinski definition) is 2. The number of non-ortho nitro benzene ring substituents is 1. The van der Waals surface area contributed by atoms with Crippen LogP contribution >= 0.6 is 0 Å². The van der Waals surface area contributed by atoms with E-state index in [2.05, 4.69) is 10.4 Å². The van der Waals surface area contributed by atoms with E-state index in [-0.39, 0.29) is 23.5 Å². The predicted molar refractivity (Wildman–Crippen MR) is 82.4 cm³/mol. The molecule has 0 bridgehead atoms. The molecule has 0 aliphatic rings. The first-order chi connectivity index (χ1) is 12.2. The van der Waals surface area contributed by atoms with Gasteiger partial charge in [0, 0.05) is 18.3 Å². The Hall–Kier alpha value is -3.57. The zero-order valence-electron chi connectivity index (χ0n) is 13.0. The molecule has 0 aliphatic carbocycles. The second-order valence-electron chi connectivity index (χ2n) is 4.95. The second-order valence-corrected chi connectivity index (χ2v) is 4.95. The van der Waals surface area contributed by atoms with E-state index in [1.165, 1.54) is 0 Å². The molecular weight excluding hydrogens is 358 g/mol. The summed E-state index contributed by atoms with van der Waals surface area (Å²) in [6.07, 6.45) is -0.582. The van der Waals surface area contributed by atoms with Gasteiger partial charge in [0.2, 0.25) is 5.91 Å². The Morgan fingerprint density at radius 3 is 2.69 bits per heavy atom. The number of benzene rings is 1. The zero-order chi connectivity index (χ0) is 19.3. The van der Waals surface area contributed by atoms with E-state index >= 15 is 0 Å². The van der Waals surface area contributed by atoms with Crippen molar-refractivity contribution in [2.24, 2.45) is 0 Å². The van der Waals surface area contributed by atoms with Crippen LogP contribution < -0.4 is 10.1 Å². The van der Waals surface area contributed by atoms with Crippen LogP contribution in [-0.2, 0) is 11.3 Å². The van der Waals surface area contributed by atoms with Crippen LogP contribution in [0, 0.1) is 10.1 Å². The van der Waals surface area contributed by atoms with E-state index in [0.29, 0.717) is 0 Å². The van der Waals surface area contributed by atoms with Crippen LogP contribution in [0.1, 0.15) is 10.4 Å². The SMILES string of the molecule is O=C(Cn1cc(C(=O)O)cn1)Nc1cc(OCC(F)F)cc([N+](=O)[O-])c1.